The summed E-state index contributed by atoms with van der Waals surface area (Å²) >= 11 is 6.14. The van der Waals surface area contributed by atoms with Crippen molar-refractivity contribution in [1.82, 2.24) is 19.9 Å². The molecule has 0 bridgehead atoms. The Kier molecular flexibility index (Phi) is 3.40. The molecule has 3 aromatic heterocycles. The van der Waals surface area contributed by atoms with Gasteiger partial charge in [-0.25, -0.2) is 4.98 Å². The third-order valence-electron chi connectivity index (χ3n) is 4.13. The van der Waals surface area contributed by atoms with E-state index in [0.717, 1.165) is 33.2 Å². The molecule has 0 aliphatic rings. The predicted octanol–water partition coefficient (Wildman–Crippen LogP) is 5.15. The van der Waals surface area contributed by atoms with Crippen LogP contribution in [0.1, 0.15) is 0 Å². The Morgan fingerprint density at radius 3 is 2.38 bits per heavy atom. The number of rotatable bonds is 2. The molecule has 2 aromatic carbocycles. The maximum absolute atomic E-state index is 6.14. The molecule has 0 unspecified atom stereocenters. The van der Waals surface area contributed by atoms with E-state index in [1.807, 2.05) is 60.7 Å². The number of pyridine rings is 1. The summed E-state index contributed by atoms with van der Waals surface area (Å²) in [4.78, 5) is 17.5. The van der Waals surface area contributed by atoms with Crippen molar-refractivity contribution in [3.63, 3.8) is 0 Å². The quantitative estimate of drug-likeness (QED) is 0.436. The molecule has 0 aliphatic carbocycles. The van der Waals surface area contributed by atoms with Gasteiger partial charge in [0.15, 0.2) is 17.2 Å². The second-order valence-electron chi connectivity index (χ2n) is 5.78. The maximum atomic E-state index is 6.14. The number of hydrogen-bond donors (Lipinski definition) is 0. The predicted molar refractivity (Wildman–Crippen MR) is 101 cm³/mol. The van der Waals surface area contributed by atoms with Crippen molar-refractivity contribution < 1.29 is 4.42 Å². The minimum Gasteiger partial charge on any atom is -0.454 e. The van der Waals surface area contributed by atoms with Crippen LogP contribution in [0.3, 0.4) is 0 Å². The first-order chi connectivity index (χ1) is 12.8. The van der Waals surface area contributed by atoms with Gasteiger partial charge >= 0.3 is 0 Å². The van der Waals surface area contributed by atoms with Gasteiger partial charge in [-0.3, -0.25) is 4.98 Å². The van der Waals surface area contributed by atoms with Crippen molar-refractivity contribution in [2.24, 2.45) is 0 Å². The van der Waals surface area contributed by atoms with Crippen LogP contribution in [0.2, 0.25) is 5.28 Å². The molecule has 0 radical (unpaired) electrons. The summed E-state index contributed by atoms with van der Waals surface area (Å²) in [6, 6.07) is 19.2. The number of furan rings is 1. The lowest BCUT2D eigenvalue weighted by Crippen LogP contribution is -1.97. The highest BCUT2D eigenvalue weighted by Gasteiger charge is 2.13. The van der Waals surface area contributed by atoms with Crippen LogP contribution >= 0.6 is 11.6 Å². The van der Waals surface area contributed by atoms with Gasteiger partial charge in [-0.1, -0.05) is 36.4 Å². The van der Waals surface area contributed by atoms with E-state index in [4.69, 9.17) is 16.0 Å². The molecule has 5 aromatic rings. The first-order valence-electron chi connectivity index (χ1n) is 8.02. The lowest BCUT2D eigenvalue weighted by Gasteiger charge is -2.04. The number of fused-ring (bicyclic) bond motifs is 3. The Bertz CT molecular complexity index is 1250. The average molecular weight is 359 g/mol. The summed E-state index contributed by atoms with van der Waals surface area (Å²) in [5, 5.41) is 1.10. The first-order valence-corrected chi connectivity index (χ1v) is 8.40. The van der Waals surface area contributed by atoms with Crippen LogP contribution in [0.15, 0.2) is 71.3 Å². The minimum atomic E-state index is 0.153. The minimum absolute atomic E-state index is 0.153. The average Bonchev–Trinajstić information content (AvgIpc) is 3.06. The van der Waals surface area contributed by atoms with E-state index in [9.17, 15) is 0 Å². The van der Waals surface area contributed by atoms with Crippen LogP contribution in [0.5, 0.6) is 0 Å². The van der Waals surface area contributed by atoms with Gasteiger partial charge in [0.1, 0.15) is 11.1 Å². The van der Waals surface area contributed by atoms with Crippen LogP contribution in [-0.4, -0.2) is 19.9 Å². The molecule has 6 heteroatoms. The van der Waals surface area contributed by atoms with E-state index in [0.29, 0.717) is 11.6 Å². The normalized spacial score (nSPS) is 11.3. The molecule has 0 saturated carbocycles. The van der Waals surface area contributed by atoms with Gasteiger partial charge in [-0.15, -0.1) is 0 Å². The molecule has 0 spiro atoms. The summed E-state index contributed by atoms with van der Waals surface area (Å²) < 4.78 is 5.89. The van der Waals surface area contributed by atoms with E-state index in [2.05, 4.69) is 19.9 Å². The van der Waals surface area contributed by atoms with E-state index < -0.39 is 0 Å². The Labute approximate surface area is 153 Å². The van der Waals surface area contributed by atoms with E-state index in [1.165, 1.54) is 0 Å². The van der Waals surface area contributed by atoms with Crippen LogP contribution in [0.4, 0.5) is 0 Å². The Morgan fingerprint density at radius 2 is 1.54 bits per heavy atom. The number of nitrogens with zero attached hydrogens (tertiary/aromatic N) is 4. The van der Waals surface area contributed by atoms with Crippen molar-refractivity contribution in [2.75, 3.05) is 0 Å². The molecule has 0 atom stereocenters. The fourth-order valence-corrected chi connectivity index (χ4v) is 3.09. The topological polar surface area (TPSA) is 64.7 Å². The molecule has 26 heavy (non-hydrogen) atoms. The summed E-state index contributed by atoms with van der Waals surface area (Å²) in [5.74, 6) is 1.03. The van der Waals surface area contributed by atoms with Gasteiger partial charge in [0, 0.05) is 22.7 Å². The number of benzene rings is 2. The Hall–Kier alpha value is -3.31. The molecule has 5 rings (SSSR count). The lowest BCUT2D eigenvalue weighted by atomic mass is 10.1. The van der Waals surface area contributed by atoms with Crippen molar-refractivity contribution in [1.29, 1.82) is 0 Å². The first kappa shape index (κ1) is 15.0. The largest absolute Gasteiger partial charge is 0.454 e. The standard InChI is InChI=1S/C20H11ClN4O/c21-20-24-18(12-5-2-1-3-6-12)23-19(25-20)13-8-9-14-16(11-13)26-15-7-4-10-22-17(14)15/h1-11H. The molecular weight excluding hydrogens is 348 g/mol. The lowest BCUT2D eigenvalue weighted by molar-refractivity contribution is 0.668. The van der Waals surface area contributed by atoms with Crippen molar-refractivity contribution in [3.8, 4) is 22.8 Å². The summed E-state index contributed by atoms with van der Waals surface area (Å²) in [7, 11) is 0. The van der Waals surface area contributed by atoms with Crippen LogP contribution in [-0.2, 0) is 0 Å². The Morgan fingerprint density at radius 1 is 0.731 bits per heavy atom. The van der Waals surface area contributed by atoms with Gasteiger partial charge in [-0.05, 0) is 35.9 Å². The van der Waals surface area contributed by atoms with Crippen molar-refractivity contribution >= 4 is 33.7 Å². The summed E-state index contributed by atoms with van der Waals surface area (Å²) in [5.41, 5.74) is 4.00. The van der Waals surface area contributed by atoms with Crippen LogP contribution in [0.25, 0.3) is 44.8 Å². The van der Waals surface area contributed by atoms with Gasteiger partial charge in [-0.2, -0.15) is 9.97 Å². The van der Waals surface area contributed by atoms with Crippen LogP contribution < -0.4 is 0 Å². The zero-order chi connectivity index (χ0) is 17.5. The summed E-state index contributed by atoms with van der Waals surface area (Å²) in [6.07, 6.45) is 1.75. The SMILES string of the molecule is Clc1nc(-c2ccccc2)nc(-c2ccc3c(c2)oc2cccnc23)n1. The Balaban J connectivity index is 1.67. The monoisotopic (exact) mass is 358 g/mol. The highest BCUT2D eigenvalue weighted by atomic mass is 35.5. The fourth-order valence-electron chi connectivity index (χ4n) is 2.93. The highest BCUT2D eigenvalue weighted by Crippen LogP contribution is 2.30. The van der Waals surface area contributed by atoms with Gasteiger partial charge < -0.3 is 4.42 Å². The van der Waals surface area contributed by atoms with Gasteiger partial charge in [0.25, 0.3) is 0 Å². The molecular formula is C20H11ClN4O. The smallest absolute Gasteiger partial charge is 0.226 e. The van der Waals surface area contributed by atoms with Gasteiger partial charge in [0.2, 0.25) is 5.28 Å². The molecule has 0 saturated heterocycles. The number of halogens is 1. The van der Waals surface area contributed by atoms with E-state index >= 15 is 0 Å². The highest BCUT2D eigenvalue weighted by molar-refractivity contribution is 6.28. The third kappa shape index (κ3) is 2.50. The van der Waals surface area contributed by atoms with Crippen molar-refractivity contribution in [2.45, 2.75) is 0 Å². The van der Waals surface area contributed by atoms with Crippen molar-refractivity contribution in [3.05, 3.63) is 72.1 Å². The van der Waals surface area contributed by atoms with E-state index in [1.54, 1.807) is 6.20 Å². The summed E-state index contributed by atoms with van der Waals surface area (Å²) in [6.45, 7) is 0. The molecule has 0 amide bonds. The number of hydrogen-bond acceptors (Lipinski definition) is 5. The fraction of sp³-hybridized carbons (Fsp3) is 0. The molecule has 0 N–H and O–H groups in total. The maximum Gasteiger partial charge on any atom is 0.226 e. The van der Waals surface area contributed by atoms with E-state index in [-0.39, 0.29) is 5.28 Å². The zero-order valence-electron chi connectivity index (χ0n) is 13.4. The van der Waals surface area contributed by atoms with Crippen LogP contribution in [0, 0.1) is 0 Å². The molecule has 0 fully saturated rings. The molecule has 5 nitrogen and oxygen atoms in total. The van der Waals surface area contributed by atoms with Gasteiger partial charge in [0.05, 0.1) is 0 Å². The molecule has 0 aliphatic heterocycles. The number of aromatic nitrogens is 4. The third-order valence-corrected chi connectivity index (χ3v) is 4.29. The second kappa shape index (κ2) is 5.89. The molecule has 3 heterocycles. The second-order valence-corrected chi connectivity index (χ2v) is 6.12. The molecule has 124 valence electrons. The zero-order valence-corrected chi connectivity index (χ0v) is 14.2.